The summed E-state index contributed by atoms with van der Waals surface area (Å²) in [5.41, 5.74) is 1.21. The molecular formula is C17H30N2O2. The number of nitrogens with one attached hydrogen (secondary N) is 1. The monoisotopic (exact) mass is 294 g/mol. The van der Waals surface area contributed by atoms with Gasteiger partial charge in [-0.15, -0.1) is 0 Å². The Balaban J connectivity index is 2.34. The molecule has 0 saturated heterocycles. The highest BCUT2D eigenvalue weighted by molar-refractivity contribution is 5.33. The first kappa shape index (κ1) is 18.0. The van der Waals surface area contributed by atoms with Crippen molar-refractivity contribution < 1.29 is 9.47 Å². The fourth-order valence-corrected chi connectivity index (χ4v) is 1.89. The molecule has 0 amide bonds. The second-order valence-electron chi connectivity index (χ2n) is 5.49. The topological polar surface area (TPSA) is 33.7 Å². The highest BCUT2D eigenvalue weighted by atomic mass is 16.5. The van der Waals surface area contributed by atoms with E-state index < -0.39 is 0 Å². The zero-order valence-electron chi connectivity index (χ0n) is 13.9. The van der Waals surface area contributed by atoms with E-state index in [4.69, 9.17) is 9.47 Å². The van der Waals surface area contributed by atoms with E-state index in [2.05, 4.69) is 43.2 Å². The Morgan fingerprint density at radius 1 is 1.14 bits per heavy atom. The zero-order valence-corrected chi connectivity index (χ0v) is 13.9. The Bertz CT molecular complexity index is 383. The number of nitrogens with zero attached hydrogens (tertiary/aromatic N) is 1. The third kappa shape index (κ3) is 8.05. The first-order chi connectivity index (χ1) is 10.1. The molecule has 0 radical (unpaired) electrons. The van der Waals surface area contributed by atoms with Gasteiger partial charge in [-0.25, -0.2) is 0 Å². The van der Waals surface area contributed by atoms with E-state index >= 15 is 0 Å². The van der Waals surface area contributed by atoms with Crippen LogP contribution in [0.4, 0.5) is 0 Å². The Hall–Kier alpha value is -1.10. The zero-order chi connectivity index (χ0) is 15.5. The first-order valence-corrected chi connectivity index (χ1v) is 7.83. The summed E-state index contributed by atoms with van der Waals surface area (Å²) in [4.78, 5) is 2.23. The van der Waals surface area contributed by atoms with E-state index in [1.807, 2.05) is 19.1 Å². The van der Waals surface area contributed by atoms with Crippen molar-refractivity contribution >= 4 is 0 Å². The molecule has 0 aliphatic heterocycles. The van der Waals surface area contributed by atoms with Crippen LogP contribution in [-0.4, -0.2) is 50.9 Å². The number of hydrogen-bond acceptors (Lipinski definition) is 4. The van der Waals surface area contributed by atoms with Crippen LogP contribution in [0, 0.1) is 0 Å². The fourth-order valence-electron chi connectivity index (χ4n) is 1.89. The van der Waals surface area contributed by atoms with Crippen LogP contribution in [0.1, 0.15) is 26.3 Å². The first-order valence-electron chi connectivity index (χ1n) is 7.83. The number of hydrogen-bond donors (Lipinski definition) is 1. The molecule has 0 fully saturated rings. The van der Waals surface area contributed by atoms with Crippen molar-refractivity contribution in [1.82, 2.24) is 10.2 Å². The molecule has 4 nitrogen and oxygen atoms in total. The van der Waals surface area contributed by atoms with E-state index in [0.717, 1.165) is 38.6 Å². The van der Waals surface area contributed by atoms with Gasteiger partial charge in [0.25, 0.3) is 0 Å². The summed E-state index contributed by atoms with van der Waals surface area (Å²) >= 11 is 0. The van der Waals surface area contributed by atoms with Crippen LogP contribution in [0.5, 0.6) is 5.75 Å². The molecule has 1 rings (SSSR count). The predicted molar refractivity (Wildman–Crippen MR) is 87.9 cm³/mol. The van der Waals surface area contributed by atoms with Gasteiger partial charge in [0.2, 0.25) is 0 Å². The second kappa shape index (κ2) is 10.6. The summed E-state index contributed by atoms with van der Waals surface area (Å²) < 4.78 is 11.3. The minimum Gasteiger partial charge on any atom is -0.492 e. The largest absolute Gasteiger partial charge is 0.492 e. The lowest BCUT2D eigenvalue weighted by Gasteiger charge is -2.18. The highest BCUT2D eigenvalue weighted by Crippen LogP contribution is 2.17. The van der Waals surface area contributed by atoms with Crippen molar-refractivity contribution in [3.8, 4) is 5.75 Å². The molecule has 4 heteroatoms. The number of benzene rings is 1. The molecule has 0 aromatic heterocycles. The fraction of sp³-hybridized carbons (Fsp3) is 0.647. The smallest absolute Gasteiger partial charge is 0.123 e. The van der Waals surface area contributed by atoms with Crippen LogP contribution in [0.25, 0.3) is 0 Å². The quantitative estimate of drug-likeness (QED) is 0.636. The Morgan fingerprint density at radius 2 is 1.86 bits per heavy atom. The van der Waals surface area contributed by atoms with Gasteiger partial charge >= 0.3 is 0 Å². The number of para-hydroxylation sites is 1. The molecule has 0 aliphatic rings. The molecule has 120 valence electrons. The van der Waals surface area contributed by atoms with Crippen molar-refractivity contribution in [2.45, 2.75) is 33.4 Å². The van der Waals surface area contributed by atoms with E-state index in [1.54, 1.807) is 0 Å². The molecular weight excluding hydrogens is 264 g/mol. The van der Waals surface area contributed by atoms with E-state index in [0.29, 0.717) is 12.6 Å². The molecule has 21 heavy (non-hydrogen) atoms. The summed E-state index contributed by atoms with van der Waals surface area (Å²) in [6.07, 6.45) is 0. The van der Waals surface area contributed by atoms with E-state index in [-0.39, 0.29) is 0 Å². The van der Waals surface area contributed by atoms with Crippen LogP contribution < -0.4 is 10.1 Å². The van der Waals surface area contributed by atoms with Crippen LogP contribution >= 0.6 is 0 Å². The average molecular weight is 294 g/mol. The minimum atomic E-state index is 0.475. The maximum atomic E-state index is 5.92. The molecule has 1 aromatic carbocycles. The van der Waals surface area contributed by atoms with Crippen molar-refractivity contribution in [1.29, 1.82) is 0 Å². The number of likely N-dealkylation sites (N-methyl/N-ethyl adjacent to an activating group) is 1. The maximum Gasteiger partial charge on any atom is 0.123 e. The number of ether oxygens (including phenoxy) is 2. The second-order valence-corrected chi connectivity index (χ2v) is 5.49. The number of rotatable bonds is 11. The van der Waals surface area contributed by atoms with Crippen molar-refractivity contribution in [2.75, 3.05) is 40.0 Å². The summed E-state index contributed by atoms with van der Waals surface area (Å²) in [5.74, 6) is 0.976. The molecule has 0 unspecified atom stereocenters. The van der Waals surface area contributed by atoms with Gasteiger partial charge in [0.15, 0.2) is 0 Å². The summed E-state index contributed by atoms with van der Waals surface area (Å²) in [6, 6.07) is 8.70. The van der Waals surface area contributed by atoms with Crippen LogP contribution in [0.15, 0.2) is 24.3 Å². The highest BCUT2D eigenvalue weighted by Gasteiger charge is 2.04. The Kier molecular flexibility index (Phi) is 9.06. The SMILES string of the molecule is CCOCCN(C)CCOc1ccccc1CNC(C)C. The van der Waals surface area contributed by atoms with Gasteiger partial charge in [-0.05, 0) is 20.0 Å². The lowest BCUT2D eigenvalue weighted by Crippen LogP contribution is -2.28. The van der Waals surface area contributed by atoms with Gasteiger partial charge in [0.05, 0.1) is 6.61 Å². The van der Waals surface area contributed by atoms with Crippen LogP contribution in [-0.2, 0) is 11.3 Å². The maximum absolute atomic E-state index is 5.92. The van der Waals surface area contributed by atoms with E-state index in [1.165, 1.54) is 5.56 Å². The van der Waals surface area contributed by atoms with E-state index in [9.17, 15) is 0 Å². The Morgan fingerprint density at radius 3 is 2.57 bits per heavy atom. The standard InChI is InChI=1S/C17H30N2O2/c1-5-20-12-10-19(4)11-13-21-17-9-7-6-8-16(17)14-18-15(2)3/h6-9,15,18H,5,10-14H2,1-4H3. The Labute approximate surface area is 129 Å². The molecule has 0 saturated carbocycles. The summed E-state index contributed by atoms with van der Waals surface area (Å²) in [7, 11) is 2.09. The molecule has 0 atom stereocenters. The molecule has 0 spiro atoms. The summed E-state index contributed by atoms with van der Waals surface area (Å²) in [6.45, 7) is 11.3. The van der Waals surface area contributed by atoms with Gasteiger partial charge in [-0.3, -0.25) is 0 Å². The van der Waals surface area contributed by atoms with Crippen molar-refractivity contribution in [2.24, 2.45) is 0 Å². The minimum absolute atomic E-state index is 0.475. The third-order valence-corrected chi connectivity index (χ3v) is 3.23. The lowest BCUT2D eigenvalue weighted by atomic mass is 10.2. The summed E-state index contributed by atoms with van der Waals surface area (Å²) in [5, 5.41) is 3.43. The van der Waals surface area contributed by atoms with Gasteiger partial charge in [-0.1, -0.05) is 32.0 Å². The van der Waals surface area contributed by atoms with Gasteiger partial charge in [-0.2, -0.15) is 0 Å². The molecule has 0 heterocycles. The molecule has 1 N–H and O–H groups in total. The lowest BCUT2D eigenvalue weighted by molar-refractivity contribution is 0.116. The van der Waals surface area contributed by atoms with Gasteiger partial charge in [0, 0.05) is 37.8 Å². The van der Waals surface area contributed by atoms with Crippen LogP contribution in [0.3, 0.4) is 0 Å². The predicted octanol–water partition coefficient (Wildman–Crippen LogP) is 2.53. The molecule has 0 aliphatic carbocycles. The average Bonchev–Trinajstić information content (AvgIpc) is 2.46. The molecule has 0 bridgehead atoms. The van der Waals surface area contributed by atoms with Gasteiger partial charge in [0.1, 0.15) is 12.4 Å². The van der Waals surface area contributed by atoms with Crippen molar-refractivity contribution in [3.63, 3.8) is 0 Å². The normalized spacial score (nSPS) is 11.3. The molecule has 1 aromatic rings. The van der Waals surface area contributed by atoms with Crippen molar-refractivity contribution in [3.05, 3.63) is 29.8 Å². The van der Waals surface area contributed by atoms with Crippen LogP contribution in [0.2, 0.25) is 0 Å². The third-order valence-electron chi connectivity index (χ3n) is 3.23. The van der Waals surface area contributed by atoms with Gasteiger partial charge < -0.3 is 19.7 Å².